The second-order valence-corrected chi connectivity index (χ2v) is 12.2. The fourth-order valence-electron chi connectivity index (χ4n) is 6.24. The van der Waals surface area contributed by atoms with Gasteiger partial charge in [0.1, 0.15) is 17.5 Å². The number of fused-ring (bicyclic) bond motifs is 1. The van der Waals surface area contributed by atoms with Gasteiger partial charge in [-0.2, -0.15) is 0 Å². The molecule has 0 amide bonds. The summed E-state index contributed by atoms with van der Waals surface area (Å²) in [5.41, 5.74) is 6.39. The van der Waals surface area contributed by atoms with E-state index in [2.05, 4.69) is 53.6 Å². The molecule has 1 fully saturated rings. The van der Waals surface area contributed by atoms with Gasteiger partial charge < -0.3 is 28.4 Å². The third-order valence-corrected chi connectivity index (χ3v) is 9.48. The maximum absolute atomic E-state index is 14.2. The molecular formula is C35H38N4O6S. The molecule has 0 radical (unpaired) electrons. The fourth-order valence-corrected chi connectivity index (χ4v) is 7.27. The number of esters is 1. The Morgan fingerprint density at radius 2 is 1.74 bits per heavy atom. The number of ether oxygens (including phenoxy) is 4. The zero-order chi connectivity index (χ0) is 32.5. The molecule has 1 atom stereocenters. The summed E-state index contributed by atoms with van der Waals surface area (Å²) in [6, 6.07) is 15.2. The second kappa shape index (κ2) is 13.0. The van der Waals surface area contributed by atoms with Crippen molar-refractivity contribution in [1.29, 1.82) is 0 Å². The molecule has 0 saturated carbocycles. The molecule has 4 aromatic rings. The molecule has 2 aliphatic rings. The van der Waals surface area contributed by atoms with E-state index in [1.807, 2.05) is 12.1 Å². The van der Waals surface area contributed by atoms with Crippen molar-refractivity contribution >= 4 is 29.1 Å². The summed E-state index contributed by atoms with van der Waals surface area (Å²) in [5.74, 6) is 0.556. The van der Waals surface area contributed by atoms with Gasteiger partial charge in [-0.1, -0.05) is 11.3 Å². The molecule has 2 aliphatic heterocycles. The van der Waals surface area contributed by atoms with Crippen molar-refractivity contribution in [3.63, 3.8) is 0 Å². The molecule has 0 N–H and O–H groups in total. The number of allylic oxidation sites excluding steroid dienone is 1. The van der Waals surface area contributed by atoms with E-state index in [1.165, 1.54) is 17.0 Å². The molecule has 1 saturated heterocycles. The quantitative estimate of drug-likeness (QED) is 0.268. The standard InChI is InChI=1S/C35H38N4O6S/c1-7-45-34(41)31-22(3)36-35-39(32(31)28-13-12-27(42-5)20-29(28)43-6)33(40)30(46-35)19-24-18-21(2)38(23(24)4)26-10-8-25(9-11-26)37-14-16-44-17-15-37/h8-13,18-20,32H,7,14-17H2,1-6H3. The number of nitrogens with zero attached hydrogens (tertiary/aromatic N) is 4. The number of carbonyl (C=O) groups is 1. The number of aryl methyl sites for hydroxylation is 1. The zero-order valence-corrected chi connectivity index (χ0v) is 27.8. The van der Waals surface area contributed by atoms with Gasteiger partial charge in [-0.15, -0.1) is 0 Å². The molecule has 240 valence electrons. The van der Waals surface area contributed by atoms with Crippen LogP contribution in [-0.2, 0) is 14.3 Å². The number of aromatic nitrogens is 2. The van der Waals surface area contributed by atoms with Crippen LogP contribution < -0.4 is 29.3 Å². The van der Waals surface area contributed by atoms with Crippen molar-refractivity contribution in [3.05, 3.63) is 102 Å². The van der Waals surface area contributed by atoms with Gasteiger partial charge in [-0.05, 0) is 81.8 Å². The van der Waals surface area contributed by atoms with Crippen molar-refractivity contribution < 1.29 is 23.7 Å². The summed E-state index contributed by atoms with van der Waals surface area (Å²) in [4.78, 5) is 35.1. The van der Waals surface area contributed by atoms with E-state index < -0.39 is 12.0 Å². The van der Waals surface area contributed by atoms with Crippen molar-refractivity contribution in [2.45, 2.75) is 33.7 Å². The van der Waals surface area contributed by atoms with Crippen LogP contribution in [0.1, 0.15) is 42.4 Å². The summed E-state index contributed by atoms with van der Waals surface area (Å²) >= 11 is 1.30. The van der Waals surface area contributed by atoms with Crippen molar-refractivity contribution in [1.82, 2.24) is 9.13 Å². The van der Waals surface area contributed by atoms with E-state index in [0.29, 0.717) is 37.7 Å². The summed E-state index contributed by atoms with van der Waals surface area (Å²) in [7, 11) is 3.12. The molecule has 1 unspecified atom stereocenters. The second-order valence-electron chi connectivity index (χ2n) is 11.2. The lowest BCUT2D eigenvalue weighted by molar-refractivity contribution is -0.139. The molecule has 6 rings (SSSR count). The highest BCUT2D eigenvalue weighted by Gasteiger charge is 2.35. The van der Waals surface area contributed by atoms with Crippen molar-refractivity contribution in [3.8, 4) is 17.2 Å². The largest absolute Gasteiger partial charge is 0.497 e. The summed E-state index contributed by atoms with van der Waals surface area (Å²) in [5, 5.41) is 0. The molecule has 2 aromatic carbocycles. The Hall–Kier alpha value is -4.61. The zero-order valence-electron chi connectivity index (χ0n) is 27.0. The monoisotopic (exact) mass is 642 g/mol. The maximum atomic E-state index is 14.2. The SMILES string of the molecule is CCOC(=O)C1=C(C)N=c2sc(=Cc3cc(C)n(-c4ccc(N5CCOCC5)cc4)c3C)c(=O)n2C1c1ccc(OC)cc1OC. The molecule has 10 nitrogen and oxygen atoms in total. The smallest absolute Gasteiger partial charge is 0.338 e. The number of rotatable bonds is 8. The molecule has 11 heteroatoms. The Bertz CT molecular complexity index is 2000. The lowest BCUT2D eigenvalue weighted by Crippen LogP contribution is -2.40. The van der Waals surface area contributed by atoms with Gasteiger partial charge in [0.2, 0.25) is 0 Å². The molecule has 0 bridgehead atoms. The van der Waals surface area contributed by atoms with Gasteiger partial charge in [0.15, 0.2) is 4.80 Å². The molecule has 0 spiro atoms. The highest BCUT2D eigenvalue weighted by atomic mass is 32.1. The van der Waals surface area contributed by atoms with E-state index in [4.69, 9.17) is 23.9 Å². The average molecular weight is 643 g/mol. The first-order chi connectivity index (χ1) is 22.2. The lowest BCUT2D eigenvalue weighted by atomic mass is 9.95. The van der Waals surface area contributed by atoms with Crippen LogP contribution in [0.15, 0.2) is 69.6 Å². The number of carbonyl (C=O) groups excluding carboxylic acids is 1. The minimum absolute atomic E-state index is 0.193. The summed E-state index contributed by atoms with van der Waals surface area (Å²) < 4.78 is 26.3. The molecule has 4 heterocycles. The Balaban J connectivity index is 1.44. The van der Waals surface area contributed by atoms with Gasteiger partial charge in [0.25, 0.3) is 5.56 Å². The van der Waals surface area contributed by atoms with Crippen LogP contribution in [0.2, 0.25) is 0 Å². The first-order valence-corrected chi connectivity index (χ1v) is 16.1. The maximum Gasteiger partial charge on any atom is 0.338 e. The van der Waals surface area contributed by atoms with Gasteiger partial charge >= 0.3 is 5.97 Å². The number of methoxy groups -OCH3 is 2. The topological polar surface area (TPSA) is 96.5 Å². The normalized spacial score (nSPS) is 16.7. The molecule has 46 heavy (non-hydrogen) atoms. The predicted molar refractivity (Wildman–Crippen MR) is 178 cm³/mol. The van der Waals surface area contributed by atoms with E-state index in [1.54, 1.807) is 44.8 Å². The third kappa shape index (κ3) is 5.65. The highest BCUT2D eigenvalue weighted by Crippen LogP contribution is 2.37. The van der Waals surface area contributed by atoms with Gasteiger partial charge in [0.05, 0.1) is 49.8 Å². The number of morpholine rings is 1. The van der Waals surface area contributed by atoms with Gasteiger partial charge in [-0.3, -0.25) is 9.36 Å². The fraction of sp³-hybridized carbons (Fsp3) is 0.343. The molecular weight excluding hydrogens is 604 g/mol. The minimum Gasteiger partial charge on any atom is -0.497 e. The van der Waals surface area contributed by atoms with Crippen LogP contribution in [0.5, 0.6) is 11.5 Å². The Labute approximate surface area is 271 Å². The van der Waals surface area contributed by atoms with Gasteiger partial charge in [-0.25, -0.2) is 9.79 Å². The first kappa shape index (κ1) is 31.4. The van der Waals surface area contributed by atoms with E-state index in [0.717, 1.165) is 48.9 Å². The Morgan fingerprint density at radius 1 is 1.02 bits per heavy atom. The van der Waals surface area contributed by atoms with Crippen LogP contribution in [0.3, 0.4) is 0 Å². The predicted octanol–water partition coefficient (Wildman–Crippen LogP) is 4.06. The van der Waals surface area contributed by atoms with E-state index >= 15 is 0 Å². The molecule has 2 aromatic heterocycles. The third-order valence-electron chi connectivity index (χ3n) is 8.49. The Kier molecular flexibility index (Phi) is 8.88. The number of hydrogen-bond acceptors (Lipinski definition) is 9. The first-order valence-electron chi connectivity index (χ1n) is 15.3. The number of benzene rings is 2. The minimum atomic E-state index is -0.796. The van der Waals surface area contributed by atoms with Gasteiger partial charge in [0, 0.05) is 47.5 Å². The summed E-state index contributed by atoms with van der Waals surface area (Å²) in [6.45, 7) is 11.1. The van der Waals surface area contributed by atoms with Crippen LogP contribution in [0.4, 0.5) is 5.69 Å². The number of anilines is 1. The van der Waals surface area contributed by atoms with Crippen molar-refractivity contribution in [2.75, 3.05) is 52.0 Å². The average Bonchev–Trinajstić information content (AvgIpc) is 3.53. The summed E-state index contributed by atoms with van der Waals surface area (Å²) in [6.07, 6.45) is 1.91. The molecule has 0 aliphatic carbocycles. The van der Waals surface area contributed by atoms with Crippen LogP contribution >= 0.6 is 11.3 Å². The lowest BCUT2D eigenvalue weighted by Gasteiger charge is -2.29. The highest BCUT2D eigenvalue weighted by molar-refractivity contribution is 7.07. The van der Waals surface area contributed by atoms with Crippen LogP contribution in [0, 0.1) is 13.8 Å². The number of hydrogen-bond donors (Lipinski definition) is 0. The van der Waals surface area contributed by atoms with Crippen molar-refractivity contribution in [2.24, 2.45) is 4.99 Å². The van der Waals surface area contributed by atoms with Crippen LogP contribution in [0.25, 0.3) is 11.8 Å². The van der Waals surface area contributed by atoms with E-state index in [9.17, 15) is 9.59 Å². The Morgan fingerprint density at radius 3 is 2.41 bits per heavy atom. The number of thiazole rings is 1. The van der Waals surface area contributed by atoms with Crippen LogP contribution in [-0.4, -0.2) is 62.2 Å². The van der Waals surface area contributed by atoms with E-state index in [-0.39, 0.29) is 12.2 Å².